The highest BCUT2D eigenvalue weighted by Crippen LogP contribution is 2.25. The van der Waals surface area contributed by atoms with Crippen LogP contribution in [0.25, 0.3) is 0 Å². The fourth-order valence-electron chi connectivity index (χ4n) is 4.08. The monoisotopic (exact) mass is 410 g/mol. The van der Waals surface area contributed by atoms with Gasteiger partial charge < -0.3 is 9.47 Å². The molecule has 1 aliphatic heterocycles. The molecule has 0 amide bonds. The average molecular weight is 411 g/mol. The fraction of sp³-hybridized carbons (Fsp3) is 0.962. The number of hydrogen-bond donors (Lipinski definition) is 0. The summed E-state index contributed by atoms with van der Waals surface area (Å²) in [5.41, 5.74) is 0. The van der Waals surface area contributed by atoms with Gasteiger partial charge in [0.25, 0.3) is 0 Å². The molecule has 2 atom stereocenters. The molecule has 1 aliphatic rings. The molecule has 0 aromatic rings. The number of carbonyl (C=O) groups excluding carboxylic acids is 1. The minimum absolute atomic E-state index is 0.0122. The number of esters is 1. The Morgan fingerprint density at radius 2 is 1.21 bits per heavy atom. The molecule has 172 valence electrons. The van der Waals surface area contributed by atoms with Gasteiger partial charge in [-0.2, -0.15) is 0 Å². The molecule has 1 heterocycles. The van der Waals surface area contributed by atoms with E-state index in [1.54, 1.807) is 0 Å². The van der Waals surface area contributed by atoms with Gasteiger partial charge in [-0.3, -0.25) is 4.79 Å². The standard InChI is InChI=1S/C26H50O3/c1-3-5-7-8-9-10-11-12-13-14-15-16-17-18-19-21-26(27)29-22-24(20-6-4-2)25-23-28-25/h24-25H,3-23H2,1-2H3. The van der Waals surface area contributed by atoms with Crippen LogP contribution in [0.3, 0.4) is 0 Å². The highest BCUT2D eigenvalue weighted by Gasteiger charge is 2.32. The van der Waals surface area contributed by atoms with Gasteiger partial charge in [-0.25, -0.2) is 0 Å². The SMILES string of the molecule is CCCCCCCCCCCCCCCCCC(=O)OCC(CCCC)C1CO1. The normalized spacial score (nSPS) is 16.7. The van der Waals surface area contributed by atoms with E-state index in [0.29, 0.717) is 25.0 Å². The second-order valence-electron chi connectivity index (χ2n) is 9.16. The van der Waals surface area contributed by atoms with Crippen LogP contribution in [-0.4, -0.2) is 25.3 Å². The van der Waals surface area contributed by atoms with Crippen molar-refractivity contribution in [1.29, 1.82) is 0 Å². The van der Waals surface area contributed by atoms with Crippen LogP contribution in [-0.2, 0) is 14.3 Å². The second-order valence-corrected chi connectivity index (χ2v) is 9.16. The van der Waals surface area contributed by atoms with Crippen LogP contribution < -0.4 is 0 Å². The molecule has 1 saturated heterocycles. The maximum absolute atomic E-state index is 11.9. The first kappa shape index (κ1) is 26.5. The van der Waals surface area contributed by atoms with Crippen molar-refractivity contribution in [2.75, 3.05) is 13.2 Å². The summed E-state index contributed by atoms with van der Waals surface area (Å²) in [6.45, 7) is 5.89. The summed E-state index contributed by atoms with van der Waals surface area (Å²) < 4.78 is 10.9. The predicted octanol–water partition coefficient (Wildman–Crippen LogP) is 8.00. The van der Waals surface area contributed by atoms with Crippen molar-refractivity contribution in [3.63, 3.8) is 0 Å². The van der Waals surface area contributed by atoms with Crippen LogP contribution in [0.2, 0.25) is 0 Å². The third kappa shape index (κ3) is 16.9. The topological polar surface area (TPSA) is 38.8 Å². The molecular formula is C26H50O3. The molecular weight excluding hydrogens is 360 g/mol. The zero-order valence-electron chi connectivity index (χ0n) is 19.7. The molecule has 2 unspecified atom stereocenters. The van der Waals surface area contributed by atoms with E-state index < -0.39 is 0 Å². The first-order valence-corrected chi connectivity index (χ1v) is 13.0. The van der Waals surface area contributed by atoms with Crippen molar-refractivity contribution >= 4 is 5.97 Å². The van der Waals surface area contributed by atoms with E-state index in [1.165, 1.54) is 96.3 Å². The van der Waals surface area contributed by atoms with Gasteiger partial charge in [0.1, 0.15) is 0 Å². The molecule has 3 nitrogen and oxygen atoms in total. The van der Waals surface area contributed by atoms with Crippen molar-refractivity contribution in [3.05, 3.63) is 0 Å². The molecule has 0 bridgehead atoms. The summed E-state index contributed by atoms with van der Waals surface area (Å²) in [5.74, 6) is 0.404. The van der Waals surface area contributed by atoms with Gasteiger partial charge in [0, 0.05) is 12.3 Å². The molecule has 0 radical (unpaired) electrons. The molecule has 1 fully saturated rings. The van der Waals surface area contributed by atoms with E-state index in [-0.39, 0.29) is 5.97 Å². The Morgan fingerprint density at radius 3 is 1.66 bits per heavy atom. The highest BCUT2D eigenvalue weighted by atomic mass is 16.6. The van der Waals surface area contributed by atoms with Gasteiger partial charge in [0.05, 0.1) is 19.3 Å². The van der Waals surface area contributed by atoms with Crippen LogP contribution in [0.5, 0.6) is 0 Å². The van der Waals surface area contributed by atoms with Crippen molar-refractivity contribution in [2.24, 2.45) is 5.92 Å². The third-order valence-electron chi connectivity index (χ3n) is 6.26. The van der Waals surface area contributed by atoms with Crippen molar-refractivity contribution in [1.82, 2.24) is 0 Å². The van der Waals surface area contributed by atoms with Crippen LogP contribution in [0.1, 0.15) is 136 Å². The van der Waals surface area contributed by atoms with E-state index in [4.69, 9.17) is 9.47 Å². The van der Waals surface area contributed by atoms with Gasteiger partial charge >= 0.3 is 5.97 Å². The molecule has 0 N–H and O–H groups in total. The number of rotatable bonds is 22. The molecule has 0 aromatic heterocycles. The van der Waals surface area contributed by atoms with Crippen molar-refractivity contribution < 1.29 is 14.3 Å². The quantitative estimate of drug-likeness (QED) is 0.103. The summed E-state index contributed by atoms with van der Waals surface area (Å²) in [5, 5.41) is 0. The Kier molecular flexibility index (Phi) is 17.7. The minimum Gasteiger partial charge on any atom is -0.465 e. The first-order valence-electron chi connectivity index (χ1n) is 13.0. The summed E-state index contributed by atoms with van der Waals surface area (Å²) >= 11 is 0. The molecule has 3 heteroatoms. The lowest BCUT2D eigenvalue weighted by atomic mass is 10.00. The lowest BCUT2D eigenvalue weighted by Gasteiger charge is -2.14. The van der Waals surface area contributed by atoms with Crippen LogP contribution in [0.15, 0.2) is 0 Å². The Morgan fingerprint density at radius 1 is 0.759 bits per heavy atom. The van der Waals surface area contributed by atoms with Gasteiger partial charge in [0.2, 0.25) is 0 Å². The largest absolute Gasteiger partial charge is 0.465 e. The zero-order chi connectivity index (χ0) is 21.0. The zero-order valence-corrected chi connectivity index (χ0v) is 19.7. The lowest BCUT2D eigenvalue weighted by Crippen LogP contribution is -2.18. The van der Waals surface area contributed by atoms with E-state index in [9.17, 15) is 4.79 Å². The number of unbranched alkanes of at least 4 members (excludes halogenated alkanes) is 15. The van der Waals surface area contributed by atoms with Crippen molar-refractivity contribution in [2.45, 2.75) is 142 Å². The molecule has 1 rings (SSSR count). The smallest absolute Gasteiger partial charge is 0.305 e. The van der Waals surface area contributed by atoms with E-state index >= 15 is 0 Å². The average Bonchev–Trinajstić information content (AvgIpc) is 3.56. The van der Waals surface area contributed by atoms with E-state index in [0.717, 1.165) is 25.9 Å². The Bertz CT molecular complexity index is 365. The molecule has 0 aromatic carbocycles. The number of epoxide rings is 1. The summed E-state index contributed by atoms with van der Waals surface area (Å²) in [6, 6.07) is 0. The van der Waals surface area contributed by atoms with E-state index in [2.05, 4.69) is 13.8 Å². The number of carbonyl (C=O) groups is 1. The Hall–Kier alpha value is -0.570. The summed E-state index contributed by atoms with van der Waals surface area (Å²) in [4.78, 5) is 11.9. The third-order valence-corrected chi connectivity index (χ3v) is 6.26. The minimum atomic E-state index is -0.0122. The maximum Gasteiger partial charge on any atom is 0.305 e. The molecule has 0 spiro atoms. The van der Waals surface area contributed by atoms with Gasteiger partial charge in [-0.15, -0.1) is 0 Å². The fourth-order valence-corrected chi connectivity index (χ4v) is 4.08. The highest BCUT2D eigenvalue weighted by molar-refractivity contribution is 5.69. The molecule has 0 saturated carbocycles. The van der Waals surface area contributed by atoms with Gasteiger partial charge in [-0.1, -0.05) is 117 Å². The lowest BCUT2D eigenvalue weighted by molar-refractivity contribution is -0.145. The van der Waals surface area contributed by atoms with Crippen LogP contribution in [0.4, 0.5) is 0 Å². The summed E-state index contributed by atoms with van der Waals surface area (Å²) in [7, 11) is 0. The molecule has 0 aliphatic carbocycles. The summed E-state index contributed by atoms with van der Waals surface area (Å²) in [6.07, 6.45) is 24.7. The van der Waals surface area contributed by atoms with E-state index in [1.807, 2.05) is 0 Å². The van der Waals surface area contributed by atoms with Crippen LogP contribution in [0, 0.1) is 5.92 Å². The van der Waals surface area contributed by atoms with Crippen LogP contribution >= 0.6 is 0 Å². The first-order chi connectivity index (χ1) is 14.3. The van der Waals surface area contributed by atoms with Crippen molar-refractivity contribution in [3.8, 4) is 0 Å². The Balaban J connectivity index is 1.79. The Labute approximate surface area is 181 Å². The van der Waals surface area contributed by atoms with Gasteiger partial charge in [0.15, 0.2) is 0 Å². The second kappa shape index (κ2) is 19.4. The number of ether oxygens (including phenoxy) is 2. The van der Waals surface area contributed by atoms with Gasteiger partial charge in [-0.05, 0) is 12.8 Å². The number of hydrogen-bond acceptors (Lipinski definition) is 3. The predicted molar refractivity (Wildman–Crippen MR) is 123 cm³/mol. The molecule has 29 heavy (non-hydrogen) atoms. The maximum atomic E-state index is 11.9.